The quantitative estimate of drug-likeness (QED) is 0.782. The Morgan fingerprint density at radius 3 is 2.52 bits per heavy atom. The zero-order valence-electron chi connectivity index (χ0n) is 11.9. The van der Waals surface area contributed by atoms with Crippen molar-refractivity contribution in [1.82, 2.24) is 0 Å². The zero-order chi connectivity index (χ0) is 16.8. The minimum absolute atomic E-state index is 0.0651. The highest BCUT2D eigenvalue weighted by molar-refractivity contribution is 7.99. The number of hydrogen-bond acceptors (Lipinski definition) is 3. The highest BCUT2D eigenvalue weighted by Gasteiger charge is 2.11. The zero-order valence-corrected chi connectivity index (χ0v) is 14.2. The SMILES string of the molecule is O=C(CSCc1ccc(Cl)c(Cl)c1)Nc1ccccc1C(=O)O. The molecule has 0 aromatic heterocycles. The summed E-state index contributed by atoms with van der Waals surface area (Å²) in [5, 5.41) is 12.6. The second-order valence-corrected chi connectivity index (χ2v) is 6.44. The first-order valence-corrected chi connectivity index (χ1v) is 8.52. The molecular weight excluding hydrogens is 357 g/mol. The van der Waals surface area contributed by atoms with E-state index in [2.05, 4.69) is 5.32 Å². The summed E-state index contributed by atoms with van der Waals surface area (Å²) in [4.78, 5) is 23.0. The molecular formula is C16H13Cl2NO3S. The van der Waals surface area contributed by atoms with Crippen LogP contribution in [0.4, 0.5) is 5.69 Å². The van der Waals surface area contributed by atoms with Crippen LogP contribution in [0, 0.1) is 0 Å². The predicted octanol–water partition coefficient (Wildman–Crippen LogP) is 4.56. The number of carbonyl (C=O) groups excluding carboxylic acids is 1. The number of rotatable bonds is 6. The summed E-state index contributed by atoms with van der Waals surface area (Å²) in [5.74, 6) is -0.535. The second-order valence-electron chi connectivity index (χ2n) is 4.64. The van der Waals surface area contributed by atoms with Crippen LogP contribution in [0.25, 0.3) is 0 Å². The van der Waals surface area contributed by atoms with Crippen molar-refractivity contribution in [3.05, 3.63) is 63.6 Å². The van der Waals surface area contributed by atoms with Gasteiger partial charge >= 0.3 is 5.97 Å². The van der Waals surface area contributed by atoms with Gasteiger partial charge in [0.25, 0.3) is 0 Å². The number of nitrogens with one attached hydrogen (secondary N) is 1. The van der Waals surface area contributed by atoms with Crippen LogP contribution in [0.1, 0.15) is 15.9 Å². The number of carboxylic acid groups (broad SMARTS) is 1. The number of thioether (sulfide) groups is 1. The Labute approximate surface area is 147 Å². The molecule has 0 aliphatic rings. The van der Waals surface area contributed by atoms with E-state index >= 15 is 0 Å². The smallest absolute Gasteiger partial charge is 0.337 e. The van der Waals surface area contributed by atoms with Crippen molar-refractivity contribution in [2.45, 2.75) is 5.75 Å². The molecule has 2 aromatic carbocycles. The van der Waals surface area contributed by atoms with Gasteiger partial charge in [0.2, 0.25) is 5.91 Å². The van der Waals surface area contributed by atoms with Crippen molar-refractivity contribution in [1.29, 1.82) is 0 Å². The van der Waals surface area contributed by atoms with Crippen LogP contribution in [0.15, 0.2) is 42.5 Å². The van der Waals surface area contributed by atoms with Gasteiger partial charge in [-0.25, -0.2) is 4.79 Å². The minimum atomic E-state index is -1.08. The van der Waals surface area contributed by atoms with Crippen molar-refractivity contribution >= 4 is 52.5 Å². The monoisotopic (exact) mass is 369 g/mol. The Bertz CT molecular complexity index is 737. The van der Waals surface area contributed by atoms with E-state index in [1.807, 2.05) is 6.07 Å². The van der Waals surface area contributed by atoms with Gasteiger partial charge in [-0.1, -0.05) is 41.4 Å². The van der Waals surface area contributed by atoms with E-state index in [9.17, 15) is 9.59 Å². The molecule has 0 heterocycles. The van der Waals surface area contributed by atoms with E-state index in [1.54, 1.807) is 30.3 Å². The molecule has 1 amide bonds. The van der Waals surface area contributed by atoms with E-state index in [4.69, 9.17) is 28.3 Å². The van der Waals surface area contributed by atoms with E-state index in [0.717, 1.165) is 5.56 Å². The maximum absolute atomic E-state index is 11.9. The van der Waals surface area contributed by atoms with Crippen LogP contribution in [0.2, 0.25) is 10.0 Å². The number of carboxylic acids is 1. The van der Waals surface area contributed by atoms with Crippen molar-refractivity contribution < 1.29 is 14.7 Å². The molecule has 0 atom stereocenters. The lowest BCUT2D eigenvalue weighted by atomic mass is 10.2. The highest BCUT2D eigenvalue weighted by Crippen LogP contribution is 2.24. The number of anilines is 1. The van der Waals surface area contributed by atoms with Crippen molar-refractivity contribution in [2.24, 2.45) is 0 Å². The van der Waals surface area contributed by atoms with Crippen LogP contribution in [-0.4, -0.2) is 22.7 Å². The first-order chi connectivity index (χ1) is 11.0. The Balaban J connectivity index is 1.88. The molecule has 0 unspecified atom stereocenters. The third-order valence-electron chi connectivity index (χ3n) is 2.92. The van der Waals surface area contributed by atoms with Crippen LogP contribution in [-0.2, 0) is 10.5 Å². The molecule has 0 aliphatic carbocycles. The standard InChI is InChI=1S/C16H13Cl2NO3S/c17-12-6-5-10(7-13(12)18)8-23-9-15(20)19-14-4-2-1-3-11(14)16(21)22/h1-7H,8-9H2,(H,19,20)(H,21,22). The largest absolute Gasteiger partial charge is 0.478 e. The van der Waals surface area contributed by atoms with E-state index in [0.29, 0.717) is 21.5 Å². The number of benzene rings is 2. The summed E-state index contributed by atoms with van der Waals surface area (Å²) < 4.78 is 0. The van der Waals surface area contributed by atoms with Crippen LogP contribution in [0.3, 0.4) is 0 Å². The first-order valence-electron chi connectivity index (χ1n) is 6.61. The fourth-order valence-corrected chi connectivity index (χ4v) is 2.95. The average molecular weight is 370 g/mol. The van der Waals surface area contributed by atoms with Crippen molar-refractivity contribution in [2.75, 3.05) is 11.1 Å². The summed E-state index contributed by atoms with van der Waals surface area (Å²) in [6, 6.07) is 11.6. The average Bonchev–Trinajstić information content (AvgIpc) is 2.51. The molecule has 0 spiro atoms. The minimum Gasteiger partial charge on any atom is -0.478 e. The molecule has 7 heteroatoms. The maximum atomic E-state index is 11.9. The van der Waals surface area contributed by atoms with Crippen LogP contribution in [0.5, 0.6) is 0 Å². The van der Waals surface area contributed by atoms with Crippen LogP contribution >= 0.6 is 35.0 Å². The Morgan fingerprint density at radius 2 is 1.83 bits per heavy atom. The molecule has 2 aromatic rings. The fraction of sp³-hybridized carbons (Fsp3) is 0.125. The second kappa shape index (κ2) is 8.24. The Morgan fingerprint density at radius 1 is 1.09 bits per heavy atom. The molecule has 2 N–H and O–H groups in total. The molecule has 0 saturated carbocycles. The Hall–Kier alpha value is -1.69. The molecule has 4 nitrogen and oxygen atoms in total. The lowest BCUT2D eigenvalue weighted by Crippen LogP contribution is -2.16. The number of amides is 1. The lowest BCUT2D eigenvalue weighted by molar-refractivity contribution is -0.113. The van der Waals surface area contributed by atoms with Gasteiger partial charge in [0, 0.05) is 5.75 Å². The topological polar surface area (TPSA) is 66.4 Å². The van der Waals surface area contributed by atoms with Crippen LogP contribution < -0.4 is 5.32 Å². The molecule has 0 radical (unpaired) electrons. The van der Waals surface area contributed by atoms with Gasteiger partial charge in [-0.15, -0.1) is 11.8 Å². The maximum Gasteiger partial charge on any atom is 0.337 e. The number of aromatic carboxylic acids is 1. The van der Waals surface area contributed by atoms with Gasteiger partial charge in [0.05, 0.1) is 27.0 Å². The normalized spacial score (nSPS) is 10.3. The van der Waals surface area contributed by atoms with E-state index < -0.39 is 5.97 Å². The molecule has 0 aliphatic heterocycles. The third kappa shape index (κ3) is 5.16. The number of carbonyl (C=O) groups is 2. The summed E-state index contributed by atoms with van der Waals surface area (Å²) in [5.41, 5.74) is 1.32. The Kier molecular flexibility index (Phi) is 6.33. The number of para-hydroxylation sites is 1. The number of halogens is 2. The summed E-state index contributed by atoms with van der Waals surface area (Å²) >= 11 is 13.2. The molecule has 120 valence electrons. The highest BCUT2D eigenvalue weighted by atomic mass is 35.5. The van der Waals surface area contributed by atoms with Gasteiger partial charge in [-0.05, 0) is 29.8 Å². The summed E-state index contributed by atoms with van der Waals surface area (Å²) in [7, 11) is 0. The lowest BCUT2D eigenvalue weighted by Gasteiger charge is -2.08. The molecule has 23 heavy (non-hydrogen) atoms. The summed E-state index contributed by atoms with van der Waals surface area (Å²) in [6.07, 6.45) is 0. The van der Waals surface area contributed by atoms with E-state index in [1.165, 1.54) is 17.8 Å². The fourth-order valence-electron chi connectivity index (χ4n) is 1.86. The third-order valence-corrected chi connectivity index (χ3v) is 4.66. The van der Waals surface area contributed by atoms with E-state index in [-0.39, 0.29) is 17.2 Å². The molecule has 0 saturated heterocycles. The molecule has 0 fully saturated rings. The van der Waals surface area contributed by atoms with Crippen molar-refractivity contribution in [3.8, 4) is 0 Å². The first kappa shape index (κ1) is 17.7. The molecule has 0 bridgehead atoms. The van der Waals surface area contributed by atoms with Crippen molar-refractivity contribution in [3.63, 3.8) is 0 Å². The van der Waals surface area contributed by atoms with Gasteiger partial charge in [-0.2, -0.15) is 0 Å². The predicted molar refractivity (Wildman–Crippen MR) is 94.7 cm³/mol. The van der Waals surface area contributed by atoms with Gasteiger partial charge in [-0.3, -0.25) is 4.79 Å². The summed E-state index contributed by atoms with van der Waals surface area (Å²) in [6.45, 7) is 0. The number of hydrogen-bond donors (Lipinski definition) is 2. The van der Waals surface area contributed by atoms with Gasteiger partial charge < -0.3 is 10.4 Å². The molecule has 2 rings (SSSR count). The van der Waals surface area contributed by atoms with Gasteiger partial charge in [0.15, 0.2) is 0 Å². The van der Waals surface area contributed by atoms with Gasteiger partial charge in [0.1, 0.15) is 0 Å².